The molecule has 0 fully saturated rings. The minimum Gasteiger partial charge on any atom is -0.444 e. The van der Waals surface area contributed by atoms with Crippen molar-refractivity contribution < 1.29 is 14.3 Å². The average Bonchev–Trinajstić information content (AvgIpc) is 2.67. The van der Waals surface area contributed by atoms with Gasteiger partial charge in [-0.25, -0.2) is 4.79 Å². The summed E-state index contributed by atoms with van der Waals surface area (Å²) in [6.45, 7) is 5.34. The van der Waals surface area contributed by atoms with Gasteiger partial charge in [0.2, 0.25) is 5.91 Å². The molecule has 1 aromatic heterocycles. The molecule has 1 heterocycles. The number of fused-ring (bicyclic) bond motifs is 1. The van der Waals surface area contributed by atoms with E-state index in [-0.39, 0.29) is 5.91 Å². The van der Waals surface area contributed by atoms with E-state index < -0.39 is 17.7 Å². The Morgan fingerprint density at radius 2 is 1.72 bits per heavy atom. The number of hydrogen-bond acceptors (Lipinski definition) is 4. The van der Waals surface area contributed by atoms with Crippen molar-refractivity contribution in [3.05, 3.63) is 72.4 Å². The van der Waals surface area contributed by atoms with Crippen LogP contribution in [0, 0.1) is 0 Å². The SMILES string of the molecule is CC(C)(C)OC(=O)NC(Cc1ccccc1)C(=O)Nc1cccc2cccnc12. The minimum absolute atomic E-state index is 0.335. The largest absolute Gasteiger partial charge is 0.444 e. The Bertz CT molecular complexity index is 992. The van der Waals surface area contributed by atoms with Crippen LogP contribution in [-0.4, -0.2) is 28.6 Å². The molecule has 3 rings (SSSR count). The van der Waals surface area contributed by atoms with Gasteiger partial charge in [0.05, 0.1) is 11.2 Å². The summed E-state index contributed by atoms with van der Waals surface area (Å²) >= 11 is 0. The van der Waals surface area contributed by atoms with Crippen LogP contribution in [0.2, 0.25) is 0 Å². The van der Waals surface area contributed by atoms with Crippen molar-refractivity contribution in [3.8, 4) is 0 Å². The highest BCUT2D eigenvalue weighted by Crippen LogP contribution is 2.21. The maximum absolute atomic E-state index is 13.1. The molecule has 0 radical (unpaired) electrons. The van der Waals surface area contributed by atoms with Crippen LogP contribution >= 0.6 is 0 Å². The Kier molecular flexibility index (Phi) is 6.12. The molecule has 0 bridgehead atoms. The Morgan fingerprint density at radius 3 is 2.45 bits per heavy atom. The van der Waals surface area contributed by atoms with Gasteiger partial charge in [0.1, 0.15) is 11.6 Å². The first-order chi connectivity index (χ1) is 13.8. The van der Waals surface area contributed by atoms with E-state index in [9.17, 15) is 9.59 Å². The first-order valence-electron chi connectivity index (χ1n) is 9.50. The second kappa shape index (κ2) is 8.73. The number of carbonyl (C=O) groups excluding carboxylic acids is 2. The zero-order chi connectivity index (χ0) is 20.9. The average molecular weight is 391 g/mol. The zero-order valence-corrected chi connectivity index (χ0v) is 16.8. The van der Waals surface area contributed by atoms with Crippen LogP contribution in [0.5, 0.6) is 0 Å². The molecule has 2 N–H and O–H groups in total. The molecule has 0 saturated heterocycles. The van der Waals surface area contributed by atoms with Gasteiger partial charge in [-0.2, -0.15) is 0 Å². The molecule has 0 aliphatic carbocycles. The van der Waals surface area contributed by atoms with E-state index in [0.717, 1.165) is 10.9 Å². The lowest BCUT2D eigenvalue weighted by Crippen LogP contribution is -2.47. The summed E-state index contributed by atoms with van der Waals surface area (Å²) in [6, 6.07) is 18.1. The summed E-state index contributed by atoms with van der Waals surface area (Å²) < 4.78 is 5.33. The van der Waals surface area contributed by atoms with Crippen LogP contribution in [-0.2, 0) is 16.0 Å². The lowest BCUT2D eigenvalue weighted by molar-refractivity contribution is -0.118. The van der Waals surface area contributed by atoms with Crippen LogP contribution in [0.3, 0.4) is 0 Å². The molecule has 0 aliphatic heterocycles. The van der Waals surface area contributed by atoms with Gasteiger partial charge in [-0.1, -0.05) is 48.5 Å². The van der Waals surface area contributed by atoms with Gasteiger partial charge in [-0.3, -0.25) is 9.78 Å². The fraction of sp³-hybridized carbons (Fsp3) is 0.261. The summed E-state index contributed by atoms with van der Waals surface area (Å²) in [5, 5.41) is 6.52. The van der Waals surface area contributed by atoms with Crippen molar-refractivity contribution in [1.82, 2.24) is 10.3 Å². The van der Waals surface area contributed by atoms with Crippen LogP contribution in [0.4, 0.5) is 10.5 Å². The van der Waals surface area contributed by atoms with Crippen molar-refractivity contribution in [1.29, 1.82) is 0 Å². The predicted octanol–water partition coefficient (Wildman–Crippen LogP) is 4.31. The third-order valence-corrected chi connectivity index (χ3v) is 4.18. The highest BCUT2D eigenvalue weighted by molar-refractivity contribution is 6.03. The number of rotatable bonds is 5. The van der Waals surface area contributed by atoms with E-state index >= 15 is 0 Å². The number of carbonyl (C=O) groups is 2. The maximum atomic E-state index is 13.1. The normalized spacial score (nSPS) is 12.2. The second-order valence-electron chi connectivity index (χ2n) is 7.76. The molecule has 3 aromatic rings. The minimum atomic E-state index is -0.800. The lowest BCUT2D eigenvalue weighted by Gasteiger charge is -2.23. The molecule has 150 valence electrons. The van der Waals surface area contributed by atoms with Crippen molar-refractivity contribution in [3.63, 3.8) is 0 Å². The molecule has 2 amide bonds. The fourth-order valence-electron chi connectivity index (χ4n) is 2.93. The predicted molar refractivity (Wildman–Crippen MR) is 114 cm³/mol. The van der Waals surface area contributed by atoms with Crippen molar-refractivity contribution in [2.75, 3.05) is 5.32 Å². The summed E-state index contributed by atoms with van der Waals surface area (Å²) in [4.78, 5) is 29.7. The number of alkyl carbamates (subject to hydrolysis) is 1. The van der Waals surface area contributed by atoms with Crippen molar-refractivity contribution in [2.24, 2.45) is 0 Å². The van der Waals surface area contributed by atoms with Crippen molar-refractivity contribution in [2.45, 2.75) is 38.8 Å². The number of nitrogens with one attached hydrogen (secondary N) is 2. The van der Waals surface area contributed by atoms with E-state index in [1.165, 1.54) is 0 Å². The third-order valence-electron chi connectivity index (χ3n) is 4.18. The summed E-state index contributed by atoms with van der Waals surface area (Å²) in [5.74, 6) is -0.335. The van der Waals surface area contributed by atoms with Gasteiger partial charge in [-0.05, 0) is 38.5 Å². The molecule has 0 spiro atoms. The molecule has 0 aliphatic rings. The quantitative estimate of drug-likeness (QED) is 0.679. The van der Waals surface area contributed by atoms with Gasteiger partial charge >= 0.3 is 6.09 Å². The second-order valence-corrected chi connectivity index (χ2v) is 7.76. The Balaban J connectivity index is 1.82. The zero-order valence-electron chi connectivity index (χ0n) is 16.8. The number of ether oxygens (including phenoxy) is 1. The molecule has 2 aromatic carbocycles. The summed E-state index contributed by atoms with van der Waals surface area (Å²) in [5.41, 5.74) is 1.56. The molecule has 1 unspecified atom stereocenters. The van der Waals surface area contributed by atoms with Crippen LogP contribution in [0.25, 0.3) is 10.9 Å². The topological polar surface area (TPSA) is 80.3 Å². The van der Waals surface area contributed by atoms with Crippen LogP contribution in [0.1, 0.15) is 26.3 Å². The number of pyridine rings is 1. The van der Waals surface area contributed by atoms with E-state index in [4.69, 9.17) is 4.74 Å². The number of para-hydroxylation sites is 1. The number of amides is 2. The smallest absolute Gasteiger partial charge is 0.408 e. The Hall–Kier alpha value is -3.41. The Morgan fingerprint density at radius 1 is 1.00 bits per heavy atom. The van der Waals surface area contributed by atoms with E-state index in [1.54, 1.807) is 33.0 Å². The summed E-state index contributed by atoms with van der Waals surface area (Å²) in [7, 11) is 0. The van der Waals surface area contributed by atoms with Crippen LogP contribution < -0.4 is 10.6 Å². The number of benzene rings is 2. The van der Waals surface area contributed by atoms with E-state index in [2.05, 4.69) is 15.6 Å². The number of anilines is 1. The summed E-state index contributed by atoms with van der Waals surface area (Å²) in [6.07, 6.45) is 1.38. The molecular formula is C23H25N3O3. The number of hydrogen-bond donors (Lipinski definition) is 2. The molecule has 1 atom stereocenters. The van der Waals surface area contributed by atoms with Gasteiger partial charge < -0.3 is 15.4 Å². The lowest BCUT2D eigenvalue weighted by atomic mass is 10.1. The maximum Gasteiger partial charge on any atom is 0.408 e. The first kappa shape index (κ1) is 20.3. The van der Waals surface area contributed by atoms with Gasteiger partial charge in [0, 0.05) is 18.0 Å². The molecule has 0 saturated carbocycles. The van der Waals surface area contributed by atoms with E-state index in [1.807, 2.05) is 54.6 Å². The van der Waals surface area contributed by atoms with Gasteiger partial charge in [-0.15, -0.1) is 0 Å². The molecule has 29 heavy (non-hydrogen) atoms. The number of nitrogens with zero attached hydrogens (tertiary/aromatic N) is 1. The standard InChI is InChI=1S/C23H25N3O3/c1-23(2,3)29-22(28)26-19(15-16-9-5-4-6-10-16)21(27)25-18-13-7-11-17-12-8-14-24-20(17)18/h4-14,19H,15H2,1-3H3,(H,25,27)(H,26,28). The highest BCUT2D eigenvalue weighted by atomic mass is 16.6. The van der Waals surface area contributed by atoms with Crippen LogP contribution in [0.15, 0.2) is 66.9 Å². The third kappa shape index (κ3) is 5.78. The Labute approximate surface area is 170 Å². The molecule has 6 nitrogen and oxygen atoms in total. The highest BCUT2D eigenvalue weighted by Gasteiger charge is 2.25. The fourth-order valence-corrected chi connectivity index (χ4v) is 2.93. The van der Waals surface area contributed by atoms with E-state index in [0.29, 0.717) is 17.6 Å². The monoisotopic (exact) mass is 391 g/mol. The number of aromatic nitrogens is 1. The van der Waals surface area contributed by atoms with Crippen molar-refractivity contribution >= 4 is 28.6 Å². The van der Waals surface area contributed by atoms with Gasteiger partial charge in [0.15, 0.2) is 0 Å². The first-order valence-corrected chi connectivity index (χ1v) is 9.50. The molecular weight excluding hydrogens is 366 g/mol. The molecule has 6 heteroatoms. The van der Waals surface area contributed by atoms with Gasteiger partial charge in [0.25, 0.3) is 0 Å².